The Balaban J connectivity index is 2.33. The summed E-state index contributed by atoms with van der Waals surface area (Å²) in [4.78, 5) is 7.58. The van der Waals surface area contributed by atoms with Crippen molar-refractivity contribution in [3.8, 4) is 11.4 Å². The molecule has 0 amide bonds. The van der Waals surface area contributed by atoms with Crippen LogP contribution in [-0.4, -0.2) is 9.97 Å². The van der Waals surface area contributed by atoms with Gasteiger partial charge in [0, 0.05) is 11.5 Å². The maximum absolute atomic E-state index is 13.7. The lowest BCUT2D eigenvalue weighted by Crippen LogP contribution is -1.98. The molecule has 0 aliphatic heterocycles. The second kappa shape index (κ2) is 4.96. The molecule has 0 bridgehead atoms. The maximum atomic E-state index is 13.7. The van der Waals surface area contributed by atoms with E-state index in [0.29, 0.717) is 6.07 Å². The van der Waals surface area contributed by atoms with Crippen LogP contribution in [0, 0.1) is 23.3 Å². The van der Waals surface area contributed by atoms with Crippen LogP contribution in [0.2, 0.25) is 5.15 Å². The van der Waals surface area contributed by atoms with E-state index in [2.05, 4.69) is 9.97 Å². The molecule has 0 aliphatic rings. The zero-order valence-electron chi connectivity index (χ0n) is 10.2. The highest BCUT2D eigenvalue weighted by atomic mass is 35.5. The minimum atomic E-state index is -1.17. The van der Waals surface area contributed by atoms with Crippen molar-refractivity contribution >= 4 is 22.5 Å². The van der Waals surface area contributed by atoms with Crippen LogP contribution in [0.3, 0.4) is 0 Å². The van der Waals surface area contributed by atoms with Crippen molar-refractivity contribution < 1.29 is 17.6 Å². The fourth-order valence-electron chi connectivity index (χ4n) is 1.92. The molecular weight excluding hydrogens is 308 g/mol. The van der Waals surface area contributed by atoms with Gasteiger partial charge in [-0.25, -0.2) is 27.5 Å². The van der Waals surface area contributed by atoms with E-state index in [9.17, 15) is 17.6 Å². The van der Waals surface area contributed by atoms with Crippen LogP contribution in [-0.2, 0) is 0 Å². The van der Waals surface area contributed by atoms with Gasteiger partial charge in [0.2, 0.25) is 0 Å². The molecule has 2 aromatic carbocycles. The third-order valence-corrected chi connectivity index (χ3v) is 3.15. The van der Waals surface area contributed by atoms with Gasteiger partial charge in [-0.15, -0.1) is 0 Å². The fourth-order valence-corrected chi connectivity index (χ4v) is 2.14. The molecule has 0 atom stereocenters. The summed E-state index contributed by atoms with van der Waals surface area (Å²) in [7, 11) is 0. The van der Waals surface area contributed by atoms with Gasteiger partial charge in [-0.3, -0.25) is 0 Å². The first-order valence-electron chi connectivity index (χ1n) is 5.74. The van der Waals surface area contributed by atoms with Gasteiger partial charge in [0.1, 0.15) is 16.5 Å². The largest absolute Gasteiger partial charge is 0.225 e. The zero-order chi connectivity index (χ0) is 15.1. The molecule has 0 saturated heterocycles. The molecule has 106 valence electrons. The Morgan fingerprint density at radius 2 is 1.67 bits per heavy atom. The molecule has 7 heteroatoms. The molecule has 3 aromatic rings. The van der Waals surface area contributed by atoms with Crippen LogP contribution in [0.4, 0.5) is 17.6 Å². The third kappa shape index (κ3) is 2.31. The molecular formula is C14H5ClF4N2. The Bertz CT molecular complexity index is 867. The molecule has 0 radical (unpaired) electrons. The van der Waals surface area contributed by atoms with Crippen molar-refractivity contribution in [3.05, 3.63) is 58.8 Å². The zero-order valence-corrected chi connectivity index (χ0v) is 10.9. The second-order valence-electron chi connectivity index (χ2n) is 4.22. The van der Waals surface area contributed by atoms with Crippen molar-refractivity contribution in [2.24, 2.45) is 0 Å². The van der Waals surface area contributed by atoms with Crippen LogP contribution >= 0.6 is 11.6 Å². The quantitative estimate of drug-likeness (QED) is 0.488. The lowest BCUT2D eigenvalue weighted by atomic mass is 10.1. The standard InChI is InChI=1S/C14H5ClF4N2/c15-13-8-4-6(16)5-10(18)12(8)20-14(21-13)7-2-1-3-9(17)11(7)19/h1-5H. The monoisotopic (exact) mass is 312 g/mol. The van der Waals surface area contributed by atoms with Gasteiger partial charge in [-0.1, -0.05) is 17.7 Å². The van der Waals surface area contributed by atoms with E-state index < -0.39 is 23.3 Å². The SMILES string of the molecule is Fc1cc(F)c2nc(-c3cccc(F)c3F)nc(Cl)c2c1. The molecule has 0 saturated carbocycles. The minimum absolute atomic E-state index is 0.0465. The Hall–Kier alpha value is -2.21. The van der Waals surface area contributed by atoms with Gasteiger partial charge < -0.3 is 0 Å². The van der Waals surface area contributed by atoms with E-state index in [0.717, 1.165) is 12.1 Å². The minimum Gasteiger partial charge on any atom is -0.225 e. The van der Waals surface area contributed by atoms with Crippen LogP contribution in [0.25, 0.3) is 22.3 Å². The predicted molar refractivity (Wildman–Crippen MR) is 69.8 cm³/mol. The van der Waals surface area contributed by atoms with Gasteiger partial charge >= 0.3 is 0 Å². The van der Waals surface area contributed by atoms with E-state index in [1.165, 1.54) is 12.1 Å². The number of rotatable bonds is 1. The topological polar surface area (TPSA) is 25.8 Å². The molecule has 0 spiro atoms. The van der Waals surface area contributed by atoms with Gasteiger partial charge in [0.25, 0.3) is 0 Å². The summed E-state index contributed by atoms with van der Waals surface area (Å²) in [5.74, 6) is -4.35. The van der Waals surface area contributed by atoms with E-state index >= 15 is 0 Å². The Morgan fingerprint density at radius 3 is 2.43 bits per heavy atom. The summed E-state index contributed by atoms with van der Waals surface area (Å²) in [6, 6.07) is 5.01. The lowest BCUT2D eigenvalue weighted by Gasteiger charge is -2.07. The highest BCUT2D eigenvalue weighted by Crippen LogP contribution is 2.28. The lowest BCUT2D eigenvalue weighted by molar-refractivity contribution is 0.510. The third-order valence-electron chi connectivity index (χ3n) is 2.86. The number of nitrogens with zero attached hydrogens (tertiary/aromatic N) is 2. The van der Waals surface area contributed by atoms with Gasteiger partial charge in [0.15, 0.2) is 23.3 Å². The summed E-state index contributed by atoms with van der Waals surface area (Å²) in [6.45, 7) is 0. The average molecular weight is 313 g/mol. The number of benzene rings is 2. The van der Waals surface area contributed by atoms with Crippen molar-refractivity contribution in [3.63, 3.8) is 0 Å². The molecule has 0 aliphatic carbocycles. The summed E-state index contributed by atoms with van der Waals surface area (Å²) >= 11 is 5.85. The van der Waals surface area contributed by atoms with Gasteiger partial charge in [-0.05, 0) is 18.2 Å². The van der Waals surface area contributed by atoms with Crippen molar-refractivity contribution in [1.29, 1.82) is 0 Å². The van der Waals surface area contributed by atoms with Crippen LogP contribution in [0.15, 0.2) is 30.3 Å². The molecule has 0 fully saturated rings. The Kier molecular flexibility index (Phi) is 3.25. The number of hydrogen-bond donors (Lipinski definition) is 0. The molecule has 2 nitrogen and oxygen atoms in total. The normalized spacial score (nSPS) is 11.1. The Labute approximate surface area is 121 Å². The summed E-state index contributed by atoms with van der Waals surface area (Å²) < 4.78 is 53.9. The second-order valence-corrected chi connectivity index (χ2v) is 4.58. The highest BCUT2D eigenvalue weighted by molar-refractivity contribution is 6.34. The fraction of sp³-hybridized carbons (Fsp3) is 0. The first kappa shape index (κ1) is 13.8. The molecule has 0 N–H and O–H groups in total. The molecule has 1 heterocycles. The number of aromatic nitrogens is 2. The number of hydrogen-bond acceptors (Lipinski definition) is 2. The first-order chi connectivity index (χ1) is 9.97. The smallest absolute Gasteiger partial charge is 0.169 e. The highest BCUT2D eigenvalue weighted by Gasteiger charge is 2.17. The first-order valence-corrected chi connectivity index (χ1v) is 6.12. The van der Waals surface area contributed by atoms with Crippen LogP contribution < -0.4 is 0 Å². The van der Waals surface area contributed by atoms with E-state index in [1.54, 1.807) is 0 Å². The average Bonchev–Trinajstić information content (AvgIpc) is 2.43. The Morgan fingerprint density at radius 1 is 0.905 bits per heavy atom. The van der Waals surface area contributed by atoms with E-state index in [1.807, 2.05) is 0 Å². The molecule has 21 heavy (non-hydrogen) atoms. The molecule has 0 unspecified atom stereocenters. The molecule has 1 aromatic heterocycles. The van der Waals surface area contributed by atoms with Crippen molar-refractivity contribution in [1.82, 2.24) is 9.97 Å². The van der Waals surface area contributed by atoms with Gasteiger partial charge in [-0.2, -0.15) is 0 Å². The summed E-state index contributed by atoms with van der Waals surface area (Å²) in [5.41, 5.74) is -0.530. The van der Waals surface area contributed by atoms with Crippen molar-refractivity contribution in [2.45, 2.75) is 0 Å². The van der Waals surface area contributed by atoms with Crippen LogP contribution in [0.5, 0.6) is 0 Å². The summed E-state index contributed by atoms with van der Waals surface area (Å²) in [6.07, 6.45) is 0. The number of fused-ring (bicyclic) bond motifs is 1. The summed E-state index contributed by atoms with van der Waals surface area (Å²) in [5, 5.41) is -0.299. The van der Waals surface area contributed by atoms with Gasteiger partial charge in [0.05, 0.1) is 5.56 Å². The van der Waals surface area contributed by atoms with Crippen LogP contribution in [0.1, 0.15) is 0 Å². The number of halogens is 5. The molecule has 3 rings (SSSR count). The van der Waals surface area contributed by atoms with E-state index in [4.69, 9.17) is 11.6 Å². The van der Waals surface area contributed by atoms with Crippen molar-refractivity contribution in [2.75, 3.05) is 0 Å². The predicted octanol–water partition coefficient (Wildman–Crippen LogP) is 4.51. The van der Waals surface area contributed by atoms with E-state index in [-0.39, 0.29) is 27.4 Å². The maximum Gasteiger partial charge on any atom is 0.169 e.